The van der Waals surface area contributed by atoms with Crippen LogP contribution in [0.25, 0.3) is 0 Å². The molecule has 1 aromatic carbocycles. The van der Waals surface area contributed by atoms with Crippen LogP contribution in [0.15, 0.2) is 30.3 Å². The molecule has 1 aliphatic heterocycles. The normalized spacial score (nSPS) is 22.9. The highest BCUT2D eigenvalue weighted by atomic mass is 16.3. The molecule has 3 rings (SSSR count). The minimum atomic E-state index is -0.671. The Morgan fingerprint density at radius 1 is 1.29 bits per heavy atom. The molecule has 1 saturated heterocycles. The third-order valence-corrected chi connectivity index (χ3v) is 4.39. The van der Waals surface area contributed by atoms with E-state index in [1.165, 1.54) is 0 Å². The smallest absolute Gasteiger partial charge is 0.251 e. The van der Waals surface area contributed by atoms with Crippen molar-refractivity contribution in [2.45, 2.75) is 37.3 Å². The van der Waals surface area contributed by atoms with Crippen molar-refractivity contribution < 1.29 is 14.7 Å². The summed E-state index contributed by atoms with van der Waals surface area (Å²) in [5.41, 5.74) is -0.126. The van der Waals surface area contributed by atoms with E-state index >= 15 is 0 Å². The maximum atomic E-state index is 12.3. The maximum Gasteiger partial charge on any atom is 0.251 e. The first kappa shape index (κ1) is 14.1. The molecule has 2 amide bonds. The number of carbonyl (C=O) groups excluding carboxylic acids is 2. The van der Waals surface area contributed by atoms with Crippen LogP contribution in [0.4, 0.5) is 0 Å². The number of hydrogen-bond donors (Lipinski definition) is 2. The van der Waals surface area contributed by atoms with Crippen LogP contribution in [0.3, 0.4) is 0 Å². The van der Waals surface area contributed by atoms with Crippen LogP contribution in [0.2, 0.25) is 0 Å². The number of nitrogens with one attached hydrogen (secondary N) is 1. The van der Waals surface area contributed by atoms with Crippen molar-refractivity contribution in [3.63, 3.8) is 0 Å². The zero-order chi connectivity index (χ0) is 14.9. The molecule has 1 unspecified atom stereocenters. The van der Waals surface area contributed by atoms with E-state index in [0.717, 1.165) is 25.7 Å². The summed E-state index contributed by atoms with van der Waals surface area (Å²) in [6, 6.07) is 8.77. The molecule has 0 bridgehead atoms. The van der Waals surface area contributed by atoms with Gasteiger partial charge in [-0.15, -0.1) is 0 Å². The molecule has 2 aliphatic rings. The van der Waals surface area contributed by atoms with Crippen molar-refractivity contribution in [3.05, 3.63) is 35.9 Å². The van der Waals surface area contributed by atoms with Gasteiger partial charge in [0.15, 0.2) is 0 Å². The summed E-state index contributed by atoms with van der Waals surface area (Å²) in [6.07, 6.45) is 3.33. The summed E-state index contributed by atoms with van der Waals surface area (Å²) in [4.78, 5) is 25.9. The van der Waals surface area contributed by atoms with Gasteiger partial charge in [-0.3, -0.25) is 9.59 Å². The van der Waals surface area contributed by atoms with E-state index in [4.69, 9.17) is 0 Å². The molecule has 21 heavy (non-hydrogen) atoms. The highest BCUT2D eigenvalue weighted by Crippen LogP contribution is 2.44. The van der Waals surface area contributed by atoms with Crippen LogP contribution in [0.1, 0.15) is 36.0 Å². The van der Waals surface area contributed by atoms with Gasteiger partial charge < -0.3 is 15.3 Å². The van der Waals surface area contributed by atoms with Gasteiger partial charge in [0.05, 0.1) is 18.2 Å². The summed E-state index contributed by atoms with van der Waals surface area (Å²) in [5, 5.41) is 12.9. The fourth-order valence-electron chi connectivity index (χ4n) is 3.03. The summed E-state index contributed by atoms with van der Waals surface area (Å²) in [7, 11) is 0. The number of hydrogen-bond acceptors (Lipinski definition) is 3. The Hall–Kier alpha value is -1.88. The minimum absolute atomic E-state index is 0.0136. The van der Waals surface area contributed by atoms with E-state index in [1.54, 1.807) is 29.2 Å². The lowest BCUT2D eigenvalue weighted by Gasteiger charge is -2.28. The molecular weight excluding hydrogens is 268 g/mol. The molecular formula is C16H20N2O3. The first-order valence-electron chi connectivity index (χ1n) is 7.45. The predicted molar refractivity (Wildman–Crippen MR) is 77.7 cm³/mol. The summed E-state index contributed by atoms with van der Waals surface area (Å²) in [5.74, 6) is -0.355. The zero-order valence-electron chi connectivity index (χ0n) is 11.9. The molecule has 112 valence electrons. The van der Waals surface area contributed by atoms with Crippen molar-refractivity contribution in [2.75, 3.05) is 13.1 Å². The second-order valence-electron chi connectivity index (χ2n) is 5.90. The topological polar surface area (TPSA) is 69.6 Å². The van der Waals surface area contributed by atoms with E-state index in [0.29, 0.717) is 12.1 Å². The Bertz CT molecular complexity index is 540. The predicted octanol–water partition coefficient (Wildman–Crippen LogP) is 0.932. The average molecular weight is 288 g/mol. The lowest BCUT2D eigenvalue weighted by Crippen LogP contribution is -2.47. The van der Waals surface area contributed by atoms with Crippen molar-refractivity contribution in [3.8, 4) is 0 Å². The molecule has 2 fully saturated rings. The Labute approximate surface area is 123 Å². The molecule has 1 atom stereocenters. The van der Waals surface area contributed by atoms with Crippen LogP contribution < -0.4 is 5.32 Å². The van der Waals surface area contributed by atoms with Crippen LogP contribution in [-0.2, 0) is 4.79 Å². The van der Waals surface area contributed by atoms with Crippen molar-refractivity contribution in [2.24, 2.45) is 0 Å². The van der Waals surface area contributed by atoms with Gasteiger partial charge in [-0.05, 0) is 37.8 Å². The number of carbonyl (C=O) groups is 2. The first-order valence-corrected chi connectivity index (χ1v) is 7.45. The number of amides is 2. The second kappa shape index (κ2) is 5.48. The molecule has 1 saturated carbocycles. The average Bonchev–Trinajstić information content (AvgIpc) is 3.06. The molecule has 0 aromatic heterocycles. The van der Waals surface area contributed by atoms with Gasteiger partial charge in [-0.2, -0.15) is 0 Å². The molecule has 1 heterocycles. The Morgan fingerprint density at radius 2 is 2.00 bits per heavy atom. The fraction of sp³-hybridized carbons (Fsp3) is 0.500. The number of rotatable bonds is 4. The Balaban J connectivity index is 1.56. The lowest BCUT2D eigenvalue weighted by atomic mass is 10.1. The van der Waals surface area contributed by atoms with Crippen LogP contribution in [0.5, 0.6) is 0 Å². The monoisotopic (exact) mass is 288 g/mol. The van der Waals surface area contributed by atoms with Crippen molar-refractivity contribution in [1.82, 2.24) is 10.2 Å². The fourth-order valence-corrected chi connectivity index (χ4v) is 3.03. The molecule has 1 aromatic rings. The van der Waals surface area contributed by atoms with Gasteiger partial charge in [-0.25, -0.2) is 0 Å². The standard InChI is InChI=1S/C16H20N2O3/c19-14(11-17-15(20)12-5-2-1-3-6-12)18-10-4-7-13(18)16(21)8-9-16/h1-3,5-6,13,21H,4,7-11H2,(H,17,20). The quantitative estimate of drug-likeness (QED) is 0.866. The number of likely N-dealkylation sites (tertiary alicyclic amines) is 1. The van der Waals surface area contributed by atoms with E-state index < -0.39 is 5.60 Å². The van der Waals surface area contributed by atoms with Gasteiger partial charge in [0.25, 0.3) is 5.91 Å². The summed E-state index contributed by atoms with van der Waals surface area (Å²) >= 11 is 0. The molecule has 5 nitrogen and oxygen atoms in total. The van der Waals surface area contributed by atoms with E-state index in [2.05, 4.69) is 5.32 Å². The second-order valence-corrected chi connectivity index (χ2v) is 5.90. The van der Waals surface area contributed by atoms with Gasteiger partial charge in [0.1, 0.15) is 0 Å². The van der Waals surface area contributed by atoms with E-state index in [1.807, 2.05) is 6.07 Å². The van der Waals surface area contributed by atoms with Crippen LogP contribution in [-0.4, -0.2) is 46.6 Å². The van der Waals surface area contributed by atoms with Crippen molar-refractivity contribution in [1.29, 1.82) is 0 Å². The third kappa shape index (κ3) is 2.93. The molecule has 0 spiro atoms. The zero-order valence-corrected chi connectivity index (χ0v) is 11.9. The Morgan fingerprint density at radius 3 is 2.67 bits per heavy atom. The highest BCUT2D eigenvalue weighted by molar-refractivity contribution is 5.96. The number of benzene rings is 1. The summed E-state index contributed by atoms with van der Waals surface area (Å²) in [6.45, 7) is 0.660. The first-order chi connectivity index (χ1) is 10.1. The minimum Gasteiger partial charge on any atom is -0.388 e. The van der Waals surface area contributed by atoms with Crippen molar-refractivity contribution >= 4 is 11.8 Å². The third-order valence-electron chi connectivity index (χ3n) is 4.39. The maximum absolute atomic E-state index is 12.3. The van der Waals surface area contributed by atoms with E-state index in [-0.39, 0.29) is 24.4 Å². The molecule has 5 heteroatoms. The van der Waals surface area contributed by atoms with Crippen LogP contribution >= 0.6 is 0 Å². The van der Waals surface area contributed by atoms with Gasteiger partial charge in [0, 0.05) is 12.1 Å². The Kier molecular flexibility index (Phi) is 3.68. The highest BCUT2D eigenvalue weighted by Gasteiger charge is 2.52. The molecule has 2 N–H and O–H groups in total. The lowest BCUT2D eigenvalue weighted by molar-refractivity contribution is -0.133. The van der Waals surface area contributed by atoms with E-state index in [9.17, 15) is 14.7 Å². The van der Waals surface area contributed by atoms with Crippen LogP contribution in [0, 0.1) is 0 Å². The van der Waals surface area contributed by atoms with Gasteiger partial charge in [-0.1, -0.05) is 18.2 Å². The van der Waals surface area contributed by atoms with Gasteiger partial charge in [0.2, 0.25) is 5.91 Å². The number of aliphatic hydroxyl groups is 1. The number of nitrogens with zero attached hydrogens (tertiary/aromatic N) is 1. The SMILES string of the molecule is O=C(NCC(=O)N1CCCC1C1(O)CC1)c1ccccc1. The summed E-state index contributed by atoms with van der Waals surface area (Å²) < 4.78 is 0. The largest absolute Gasteiger partial charge is 0.388 e. The van der Waals surface area contributed by atoms with Gasteiger partial charge >= 0.3 is 0 Å². The molecule has 0 radical (unpaired) electrons. The molecule has 1 aliphatic carbocycles.